The molecule has 3 fully saturated rings. The van der Waals surface area contributed by atoms with Crippen LogP contribution in [0.5, 0.6) is 0 Å². The van der Waals surface area contributed by atoms with E-state index in [4.69, 9.17) is 4.74 Å². The summed E-state index contributed by atoms with van der Waals surface area (Å²) in [4.78, 5) is 67.2. The minimum atomic E-state index is -2.83. The number of likely N-dealkylation sites (tertiary alicyclic amines) is 1. The van der Waals surface area contributed by atoms with Crippen LogP contribution < -0.4 is 16.0 Å². The summed E-state index contributed by atoms with van der Waals surface area (Å²) < 4.78 is 33.2. The first kappa shape index (κ1) is 33.5. The second kappa shape index (κ2) is 13.5. The van der Waals surface area contributed by atoms with Gasteiger partial charge in [0, 0.05) is 25.9 Å². The number of amides is 4. The molecule has 2 aliphatic carbocycles. The van der Waals surface area contributed by atoms with Gasteiger partial charge < -0.3 is 25.6 Å². The molecule has 5 atom stereocenters. The fraction of sp³-hybridized carbons (Fsp3) is 0.767. The zero-order chi connectivity index (χ0) is 31.4. The van der Waals surface area contributed by atoms with Gasteiger partial charge in [0.2, 0.25) is 23.5 Å². The standard InChI is InChI=1S/C30H46F2N4O6/c1-7-9-20(24(37)26(39)33-14-8-2)34-25(38)23-21-19(29(21,5)6)15-36(23)27(40)22(35-28(41)42-16-17(3)4)18-10-12-30(31,32)13-11-18/h8,17-23H,2,7,9-16H2,1,3-6H3,(H,33,39)(H,34,38)(H,35,41)/t19-,20?,21-,22?,23?/m0/s1. The number of nitrogens with one attached hydrogen (secondary N) is 3. The predicted octanol–water partition coefficient (Wildman–Crippen LogP) is 3.20. The van der Waals surface area contributed by atoms with Gasteiger partial charge in [0.05, 0.1) is 12.6 Å². The molecule has 10 nitrogen and oxygen atoms in total. The summed E-state index contributed by atoms with van der Waals surface area (Å²) in [7, 11) is 0. The Bertz CT molecular complexity index is 1050. The maximum Gasteiger partial charge on any atom is 0.407 e. The van der Waals surface area contributed by atoms with Gasteiger partial charge in [-0.05, 0) is 48.3 Å². The van der Waals surface area contributed by atoms with E-state index < -0.39 is 72.4 Å². The monoisotopic (exact) mass is 596 g/mol. The number of ether oxygens (including phenoxy) is 1. The number of rotatable bonds is 13. The van der Waals surface area contributed by atoms with Gasteiger partial charge in [-0.25, -0.2) is 13.6 Å². The summed E-state index contributed by atoms with van der Waals surface area (Å²) in [6, 6.07) is -3.16. The van der Waals surface area contributed by atoms with Crippen molar-refractivity contribution in [2.24, 2.45) is 29.1 Å². The van der Waals surface area contributed by atoms with Gasteiger partial charge >= 0.3 is 6.09 Å². The normalized spacial score (nSPS) is 25.5. The largest absolute Gasteiger partial charge is 0.449 e. The molecule has 3 aliphatic rings. The summed E-state index contributed by atoms with van der Waals surface area (Å²) >= 11 is 0. The van der Waals surface area contributed by atoms with Gasteiger partial charge in [-0.2, -0.15) is 0 Å². The molecule has 0 aromatic rings. The first-order valence-corrected chi connectivity index (χ1v) is 15.0. The molecule has 3 rings (SSSR count). The van der Waals surface area contributed by atoms with Crippen LogP contribution >= 0.6 is 0 Å². The predicted molar refractivity (Wildman–Crippen MR) is 151 cm³/mol. The molecule has 42 heavy (non-hydrogen) atoms. The molecular weight excluding hydrogens is 550 g/mol. The number of piperidine rings is 1. The molecule has 0 aromatic heterocycles. The SMILES string of the molecule is C=CCNC(=O)C(=O)C(CCC)NC(=O)C1[C@@H]2[C@H](CN1C(=O)C(NC(=O)OCC(C)C)C1CCC(F)(F)CC1)C2(C)C. The van der Waals surface area contributed by atoms with E-state index in [1.54, 1.807) is 0 Å². The molecule has 3 unspecified atom stereocenters. The average molecular weight is 597 g/mol. The molecule has 0 bridgehead atoms. The maximum absolute atomic E-state index is 14.1. The number of nitrogens with zero attached hydrogens (tertiary/aromatic N) is 1. The molecule has 1 aliphatic heterocycles. The topological polar surface area (TPSA) is 134 Å². The van der Waals surface area contributed by atoms with Crippen LogP contribution in [0.1, 0.15) is 73.1 Å². The first-order chi connectivity index (χ1) is 19.6. The Morgan fingerprint density at radius 3 is 2.31 bits per heavy atom. The van der Waals surface area contributed by atoms with E-state index in [0.717, 1.165) is 0 Å². The lowest BCUT2D eigenvalue weighted by Gasteiger charge is -2.38. The van der Waals surface area contributed by atoms with Crippen LogP contribution in [-0.4, -0.2) is 78.2 Å². The lowest BCUT2D eigenvalue weighted by molar-refractivity contribution is -0.145. The van der Waals surface area contributed by atoms with E-state index in [1.807, 2.05) is 34.6 Å². The van der Waals surface area contributed by atoms with E-state index >= 15 is 0 Å². The lowest BCUT2D eigenvalue weighted by Crippen LogP contribution is -2.60. The van der Waals surface area contributed by atoms with Gasteiger partial charge in [-0.3, -0.25) is 19.2 Å². The zero-order valence-electron chi connectivity index (χ0n) is 25.3. The Morgan fingerprint density at radius 1 is 1.10 bits per heavy atom. The third-order valence-electron chi connectivity index (χ3n) is 8.92. The third-order valence-corrected chi connectivity index (χ3v) is 8.92. The van der Waals surface area contributed by atoms with Crippen LogP contribution in [0.2, 0.25) is 0 Å². The van der Waals surface area contributed by atoms with Crippen LogP contribution in [0, 0.1) is 29.1 Å². The summed E-state index contributed by atoms with van der Waals surface area (Å²) in [5.74, 6) is -6.23. The van der Waals surface area contributed by atoms with Crippen LogP contribution in [0.15, 0.2) is 12.7 Å². The molecule has 0 aromatic carbocycles. The highest BCUT2D eigenvalue weighted by Crippen LogP contribution is 2.65. The molecule has 3 N–H and O–H groups in total. The zero-order valence-corrected chi connectivity index (χ0v) is 25.3. The molecule has 4 amide bonds. The summed E-state index contributed by atoms with van der Waals surface area (Å²) in [6.07, 6.45) is 0.631. The van der Waals surface area contributed by atoms with Crippen molar-refractivity contribution in [3.8, 4) is 0 Å². The van der Waals surface area contributed by atoms with Crippen molar-refractivity contribution < 1.29 is 37.5 Å². The van der Waals surface area contributed by atoms with Crippen molar-refractivity contribution in [2.45, 2.75) is 97.2 Å². The Balaban J connectivity index is 1.84. The lowest BCUT2D eigenvalue weighted by atomic mass is 9.81. The summed E-state index contributed by atoms with van der Waals surface area (Å²) in [5.41, 5.74) is -0.240. The number of hydrogen-bond acceptors (Lipinski definition) is 6. The minimum absolute atomic E-state index is 0.0117. The number of carbonyl (C=O) groups excluding carboxylic acids is 5. The molecular formula is C30H46F2N4O6. The van der Waals surface area contributed by atoms with E-state index in [1.165, 1.54) is 11.0 Å². The first-order valence-electron chi connectivity index (χ1n) is 15.0. The fourth-order valence-electron chi connectivity index (χ4n) is 6.40. The molecule has 0 spiro atoms. The van der Waals surface area contributed by atoms with Crippen molar-refractivity contribution in [1.29, 1.82) is 0 Å². The van der Waals surface area contributed by atoms with Crippen molar-refractivity contribution in [2.75, 3.05) is 19.7 Å². The summed E-state index contributed by atoms with van der Waals surface area (Å²) in [6.45, 7) is 13.5. The molecule has 1 saturated heterocycles. The Labute approximate surface area is 246 Å². The van der Waals surface area contributed by atoms with Crippen LogP contribution in [0.25, 0.3) is 0 Å². The van der Waals surface area contributed by atoms with Gasteiger partial charge in [0.1, 0.15) is 12.1 Å². The van der Waals surface area contributed by atoms with Gasteiger partial charge in [0.25, 0.3) is 5.91 Å². The quantitative estimate of drug-likeness (QED) is 0.221. The highest BCUT2D eigenvalue weighted by molar-refractivity contribution is 6.38. The van der Waals surface area contributed by atoms with Gasteiger partial charge in [-0.1, -0.05) is 47.1 Å². The van der Waals surface area contributed by atoms with Crippen molar-refractivity contribution in [1.82, 2.24) is 20.9 Å². The van der Waals surface area contributed by atoms with Crippen molar-refractivity contribution in [3.05, 3.63) is 12.7 Å². The number of fused-ring (bicyclic) bond motifs is 1. The number of alkyl halides is 2. The number of Topliss-reactive ketones (excluding diaryl/α,β-unsaturated/α-hetero) is 1. The fourth-order valence-corrected chi connectivity index (χ4v) is 6.40. The minimum Gasteiger partial charge on any atom is -0.449 e. The number of carbonyl (C=O) groups is 5. The highest BCUT2D eigenvalue weighted by Gasteiger charge is 2.69. The number of ketones is 1. The van der Waals surface area contributed by atoms with E-state index in [2.05, 4.69) is 22.5 Å². The molecule has 2 saturated carbocycles. The number of alkyl carbamates (subject to hydrolysis) is 1. The Morgan fingerprint density at radius 2 is 1.74 bits per heavy atom. The third kappa shape index (κ3) is 7.66. The van der Waals surface area contributed by atoms with Crippen LogP contribution in [0.4, 0.5) is 13.6 Å². The second-order valence-corrected chi connectivity index (χ2v) is 12.9. The maximum atomic E-state index is 14.1. The number of halogens is 2. The van der Waals surface area contributed by atoms with E-state index in [0.29, 0.717) is 6.42 Å². The van der Waals surface area contributed by atoms with Gasteiger partial charge in [0.15, 0.2) is 0 Å². The van der Waals surface area contributed by atoms with Gasteiger partial charge in [-0.15, -0.1) is 6.58 Å². The van der Waals surface area contributed by atoms with E-state index in [-0.39, 0.29) is 62.1 Å². The molecule has 236 valence electrons. The highest BCUT2D eigenvalue weighted by atomic mass is 19.3. The Hall–Kier alpha value is -3.05. The smallest absolute Gasteiger partial charge is 0.407 e. The Kier molecular flexibility index (Phi) is 10.8. The van der Waals surface area contributed by atoms with E-state index in [9.17, 15) is 32.8 Å². The second-order valence-electron chi connectivity index (χ2n) is 12.9. The molecule has 12 heteroatoms. The van der Waals surface area contributed by atoms with Crippen LogP contribution in [-0.2, 0) is 23.9 Å². The number of hydrogen-bond donors (Lipinski definition) is 3. The average Bonchev–Trinajstić information content (AvgIpc) is 3.24. The molecule has 1 heterocycles. The van der Waals surface area contributed by atoms with Crippen molar-refractivity contribution in [3.63, 3.8) is 0 Å². The summed E-state index contributed by atoms with van der Waals surface area (Å²) in [5, 5.41) is 7.78. The molecule has 0 radical (unpaired) electrons. The van der Waals surface area contributed by atoms with Crippen molar-refractivity contribution >= 4 is 29.6 Å². The van der Waals surface area contributed by atoms with Crippen LogP contribution in [0.3, 0.4) is 0 Å².